The van der Waals surface area contributed by atoms with Crippen molar-refractivity contribution in [1.29, 1.82) is 0 Å². The summed E-state index contributed by atoms with van der Waals surface area (Å²) < 4.78 is 18.6. The summed E-state index contributed by atoms with van der Waals surface area (Å²) in [5, 5.41) is 0. The highest BCUT2D eigenvalue weighted by Crippen LogP contribution is 2.29. The van der Waals surface area contributed by atoms with Gasteiger partial charge in [0.1, 0.15) is 0 Å². The number of hydrogen-bond donors (Lipinski definition) is 0. The van der Waals surface area contributed by atoms with E-state index in [1.807, 2.05) is 0 Å². The first-order chi connectivity index (χ1) is 16.4. The Morgan fingerprint density at radius 2 is 1.06 bits per heavy atom. The lowest BCUT2D eigenvalue weighted by Crippen LogP contribution is -2.43. The van der Waals surface area contributed by atoms with Gasteiger partial charge in [0.2, 0.25) is 0 Å². The summed E-state index contributed by atoms with van der Waals surface area (Å²) in [5.41, 5.74) is 0. The summed E-state index contributed by atoms with van der Waals surface area (Å²) in [5.74, 6) is -0.306. The molecule has 0 fully saturated rings. The Kier molecular flexibility index (Phi) is 19.8. The van der Waals surface area contributed by atoms with Crippen LogP contribution in [0.1, 0.15) is 117 Å². The van der Waals surface area contributed by atoms with Crippen molar-refractivity contribution < 1.29 is 18.4 Å². The molecule has 0 aliphatic heterocycles. The van der Waals surface area contributed by atoms with Gasteiger partial charge in [-0.25, -0.2) is 0 Å². The van der Waals surface area contributed by atoms with E-state index in [2.05, 4.69) is 53.1 Å². The van der Waals surface area contributed by atoms with E-state index >= 15 is 0 Å². The SMILES string of the molecule is CCCCCCCCCCCC(CC(O[Si](C)(C)C)C(CCCCCC)C(=O)OC)O[Si](C)(C)C. The number of ether oxygens (including phenoxy) is 1. The molecule has 0 aliphatic rings. The first-order valence-electron chi connectivity index (χ1n) is 14.9. The number of carbonyl (C=O) groups is 1. The van der Waals surface area contributed by atoms with Gasteiger partial charge in [-0.05, 0) is 58.5 Å². The highest BCUT2D eigenvalue weighted by molar-refractivity contribution is 6.70. The minimum atomic E-state index is -1.84. The Morgan fingerprint density at radius 1 is 0.629 bits per heavy atom. The minimum Gasteiger partial charge on any atom is -0.469 e. The second-order valence-corrected chi connectivity index (χ2v) is 21.4. The molecular formula is C29H62O4Si2. The van der Waals surface area contributed by atoms with Crippen LogP contribution in [0.25, 0.3) is 0 Å². The van der Waals surface area contributed by atoms with E-state index in [1.165, 1.54) is 77.7 Å². The van der Waals surface area contributed by atoms with Gasteiger partial charge in [0.05, 0.1) is 19.1 Å². The Balaban J connectivity index is 5.16. The fraction of sp³-hybridized carbons (Fsp3) is 0.966. The highest BCUT2D eigenvalue weighted by Gasteiger charge is 2.36. The first kappa shape index (κ1) is 34.8. The Hall–Kier alpha value is -0.176. The van der Waals surface area contributed by atoms with Crippen LogP contribution in [0.15, 0.2) is 0 Å². The maximum absolute atomic E-state index is 12.9. The van der Waals surface area contributed by atoms with Gasteiger partial charge >= 0.3 is 5.97 Å². The van der Waals surface area contributed by atoms with Crippen LogP contribution in [0.5, 0.6) is 0 Å². The second kappa shape index (κ2) is 19.9. The molecule has 0 bridgehead atoms. The average Bonchev–Trinajstić information content (AvgIpc) is 2.75. The molecule has 0 amide bonds. The van der Waals surface area contributed by atoms with E-state index in [1.54, 1.807) is 0 Å². The normalized spacial score (nSPS) is 15.1. The molecule has 4 nitrogen and oxygen atoms in total. The molecule has 0 aromatic rings. The molecule has 0 N–H and O–H groups in total. The van der Waals surface area contributed by atoms with E-state index < -0.39 is 16.6 Å². The van der Waals surface area contributed by atoms with Crippen LogP contribution in [-0.4, -0.2) is 41.9 Å². The van der Waals surface area contributed by atoms with E-state index in [-0.39, 0.29) is 24.1 Å². The molecule has 0 saturated heterocycles. The van der Waals surface area contributed by atoms with Crippen LogP contribution in [0.3, 0.4) is 0 Å². The molecule has 210 valence electrons. The predicted octanol–water partition coefficient (Wildman–Crippen LogP) is 9.50. The zero-order valence-electron chi connectivity index (χ0n) is 25.2. The number of methoxy groups -OCH3 is 1. The third-order valence-corrected chi connectivity index (χ3v) is 8.52. The molecule has 3 unspecified atom stereocenters. The van der Waals surface area contributed by atoms with Gasteiger partial charge in [0.25, 0.3) is 0 Å². The summed E-state index contributed by atoms with van der Waals surface area (Å²) in [6.45, 7) is 18.0. The number of esters is 1. The maximum atomic E-state index is 12.9. The van der Waals surface area contributed by atoms with Crippen LogP contribution in [-0.2, 0) is 18.4 Å². The van der Waals surface area contributed by atoms with E-state index in [0.29, 0.717) is 0 Å². The molecule has 0 rings (SSSR count). The fourth-order valence-corrected chi connectivity index (χ4v) is 7.20. The smallest absolute Gasteiger partial charge is 0.311 e. The zero-order chi connectivity index (χ0) is 26.7. The summed E-state index contributed by atoms with van der Waals surface area (Å²) >= 11 is 0. The largest absolute Gasteiger partial charge is 0.469 e. The minimum absolute atomic E-state index is 0.112. The summed E-state index contributed by atoms with van der Waals surface area (Å²) in [4.78, 5) is 12.9. The lowest BCUT2D eigenvalue weighted by atomic mass is 9.90. The summed E-state index contributed by atoms with van der Waals surface area (Å²) in [6.07, 6.45) is 19.4. The fourth-order valence-electron chi connectivity index (χ4n) is 4.81. The van der Waals surface area contributed by atoms with Crippen molar-refractivity contribution in [2.45, 2.75) is 168 Å². The standard InChI is InChI=1S/C29H62O4Si2/c1-10-12-14-16-17-18-19-20-21-23-26(32-34(4,5)6)25-28(33-35(7,8)9)27(29(30)31-3)24-22-15-13-11-2/h26-28H,10-25H2,1-9H3. The molecule has 0 aromatic heterocycles. The molecular weight excluding hydrogens is 468 g/mol. The van der Waals surface area contributed by atoms with Crippen molar-refractivity contribution in [1.82, 2.24) is 0 Å². The zero-order valence-corrected chi connectivity index (χ0v) is 27.2. The van der Waals surface area contributed by atoms with Crippen molar-refractivity contribution in [3.63, 3.8) is 0 Å². The maximum Gasteiger partial charge on any atom is 0.311 e. The Labute approximate surface area is 221 Å². The molecule has 3 atom stereocenters. The predicted molar refractivity (Wildman–Crippen MR) is 157 cm³/mol. The van der Waals surface area contributed by atoms with Gasteiger partial charge in [0, 0.05) is 6.10 Å². The molecule has 0 aliphatic carbocycles. The van der Waals surface area contributed by atoms with Gasteiger partial charge in [-0.1, -0.05) is 97.3 Å². The van der Waals surface area contributed by atoms with Crippen molar-refractivity contribution in [3.8, 4) is 0 Å². The van der Waals surface area contributed by atoms with Gasteiger partial charge in [-0.3, -0.25) is 4.79 Å². The summed E-state index contributed by atoms with van der Waals surface area (Å²) in [6, 6.07) is 0. The third-order valence-electron chi connectivity index (χ3n) is 6.47. The summed E-state index contributed by atoms with van der Waals surface area (Å²) in [7, 11) is -2.02. The molecule has 6 heteroatoms. The molecule has 0 radical (unpaired) electrons. The van der Waals surface area contributed by atoms with Crippen LogP contribution < -0.4 is 0 Å². The molecule has 0 saturated carbocycles. The van der Waals surface area contributed by atoms with Crippen molar-refractivity contribution in [3.05, 3.63) is 0 Å². The number of hydrogen-bond acceptors (Lipinski definition) is 4. The van der Waals surface area contributed by atoms with Gasteiger partial charge in [0.15, 0.2) is 16.6 Å². The van der Waals surface area contributed by atoms with E-state index in [9.17, 15) is 4.79 Å². The van der Waals surface area contributed by atoms with Gasteiger partial charge in [-0.2, -0.15) is 0 Å². The van der Waals surface area contributed by atoms with E-state index in [0.717, 1.165) is 32.1 Å². The third kappa shape index (κ3) is 20.6. The van der Waals surface area contributed by atoms with Crippen molar-refractivity contribution >= 4 is 22.6 Å². The Bertz CT molecular complexity index is 514. The topological polar surface area (TPSA) is 44.8 Å². The highest BCUT2D eigenvalue weighted by atomic mass is 28.4. The number of unbranched alkanes of at least 4 members (excludes halogenated alkanes) is 11. The lowest BCUT2D eigenvalue weighted by Gasteiger charge is -2.36. The van der Waals surface area contributed by atoms with Crippen LogP contribution in [0.2, 0.25) is 39.3 Å². The van der Waals surface area contributed by atoms with Crippen molar-refractivity contribution in [2.24, 2.45) is 5.92 Å². The van der Waals surface area contributed by atoms with E-state index in [4.69, 9.17) is 13.6 Å². The Morgan fingerprint density at radius 3 is 1.51 bits per heavy atom. The average molecular weight is 531 g/mol. The van der Waals surface area contributed by atoms with Gasteiger partial charge in [-0.15, -0.1) is 0 Å². The quantitative estimate of drug-likeness (QED) is 0.0749. The number of carbonyl (C=O) groups excluding carboxylic acids is 1. The molecule has 0 heterocycles. The number of rotatable bonds is 23. The molecule has 0 spiro atoms. The van der Waals surface area contributed by atoms with Crippen LogP contribution in [0, 0.1) is 5.92 Å². The molecule has 0 aromatic carbocycles. The monoisotopic (exact) mass is 530 g/mol. The first-order valence-corrected chi connectivity index (χ1v) is 21.7. The lowest BCUT2D eigenvalue weighted by molar-refractivity contribution is -0.150. The van der Waals surface area contributed by atoms with Crippen LogP contribution in [0.4, 0.5) is 0 Å². The second-order valence-electron chi connectivity index (χ2n) is 12.5. The molecule has 35 heavy (non-hydrogen) atoms. The van der Waals surface area contributed by atoms with Crippen molar-refractivity contribution in [2.75, 3.05) is 7.11 Å². The van der Waals surface area contributed by atoms with Gasteiger partial charge < -0.3 is 13.6 Å². The van der Waals surface area contributed by atoms with Crippen LogP contribution >= 0.6 is 0 Å².